The van der Waals surface area contributed by atoms with Crippen LogP contribution >= 0.6 is 34.5 Å². The first-order valence-corrected chi connectivity index (χ1v) is 9.33. The highest BCUT2D eigenvalue weighted by Crippen LogP contribution is 2.33. The fourth-order valence-corrected chi connectivity index (χ4v) is 4.14. The summed E-state index contributed by atoms with van der Waals surface area (Å²) >= 11 is 13.8. The lowest BCUT2D eigenvalue weighted by Crippen LogP contribution is -2.04. The molecule has 0 aliphatic heterocycles. The first kappa shape index (κ1) is 15.7. The van der Waals surface area contributed by atoms with Crippen molar-refractivity contribution < 1.29 is 0 Å². The molecule has 0 aliphatic carbocycles. The Labute approximate surface area is 161 Å². The number of rotatable bonds is 3. The van der Waals surface area contributed by atoms with Crippen molar-refractivity contribution in [2.24, 2.45) is 0 Å². The zero-order chi connectivity index (χ0) is 17.7. The second-order valence-electron chi connectivity index (χ2n) is 5.70. The number of imidazole rings is 1. The van der Waals surface area contributed by atoms with Gasteiger partial charge in [0.2, 0.25) is 4.96 Å². The lowest BCUT2D eigenvalue weighted by atomic mass is 10.2. The summed E-state index contributed by atoms with van der Waals surface area (Å²) in [6.45, 7) is 0.522. The fraction of sp³-hybridized carbons (Fsp3) is 0.0588. The van der Waals surface area contributed by atoms with Gasteiger partial charge in [-0.2, -0.15) is 9.61 Å². The minimum absolute atomic E-state index is 0.522. The molecule has 0 bridgehead atoms. The van der Waals surface area contributed by atoms with Crippen LogP contribution in [0, 0.1) is 0 Å². The summed E-state index contributed by atoms with van der Waals surface area (Å²) in [6, 6.07) is 13.3. The Hall–Kier alpha value is -2.48. The molecule has 0 unspecified atom stereocenters. The van der Waals surface area contributed by atoms with Crippen LogP contribution in [0.15, 0.2) is 48.8 Å². The summed E-state index contributed by atoms with van der Waals surface area (Å²) in [7, 11) is 0. The Balaban J connectivity index is 1.57. The van der Waals surface area contributed by atoms with Gasteiger partial charge in [0.1, 0.15) is 5.01 Å². The van der Waals surface area contributed by atoms with Crippen molar-refractivity contribution in [3.63, 3.8) is 0 Å². The summed E-state index contributed by atoms with van der Waals surface area (Å²) in [6.07, 6.45) is 1.80. The van der Waals surface area contributed by atoms with E-state index >= 15 is 0 Å². The van der Waals surface area contributed by atoms with Crippen LogP contribution in [0.3, 0.4) is 0 Å². The molecule has 0 amide bonds. The first-order valence-electron chi connectivity index (χ1n) is 7.75. The molecule has 3 aromatic heterocycles. The number of nitrogens with zero attached hydrogens (tertiary/aromatic N) is 6. The van der Waals surface area contributed by atoms with Crippen molar-refractivity contribution in [2.45, 2.75) is 6.54 Å². The first-order chi connectivity index (χ1) is 12.7. The Bertz CT molecular complexity index is 1250. The van der Waals surface area contributed by atoms with E-state index in [4.69, 9.17) is 23.2 Å². The van der Waals surface area contributed by atoms with Gasteiger partial charge in [0, 0.05) is 10.6 Å². The SMILES string of the molecule is Clc1ccc(Cl)c(-c2nn3c(Cn4cnc5ccccc54)nnc3s2)c1. The maximum atomic E-state index is 6.30. The Morgan fingerprint density at radius 3 is 2.85 bits per heavy atom. The van der Waals surface area contributed by atoms with Crippen LogP contribution in [0.4, 0.5) is 0 Å². The smallest absolute Gasteiger partial charge is 0.235 e. The number of hydrogen-bond acceptors (Lipinski definition) is 5. The minimum Gasteiger partial charge on any atom is -0.323 e. The predicted octanol–water partition coefficient (Wildman–Crippen LogP) is 4.56. The molecule has 0 atom stereocenters. The Kier molecular flexibility index (Phi) is 3.66. The van der Waals surface area contributed by atoms with Crippen LogP contribution < -0.4 is 0 Å². The maximum Gasteiger partial charge on any atom is 0.235 e. The standard InChI is InChI=1S/C17H10Cl2N6S/c18-10-5-6-12(19)11(7-10)16-23-25-15(21-22-17(25)26-16)8-24-9-20-13-3-1-2-4-14(13)24/h1-7,9H,8H2. The van der Waals surface area contributed by atoms with E-state index in [-0.39, 0.29) is 0 Å². The van der Waals surface area contributed by atoms with Gasteiger partial charge in [0.25, 0.3) is 0 Å². The molecule has 128 valence electrons. The zero-order valence-electron chi connectivity index (χ0n) is 13.2. The lowest BCUT2D eigenvalue weighted by molar-refractivity contribution is 0.726. The summed E-state index contributed by atoms with van der Waals surface area (Å²) in [5, 5.41) is 15.1. The quantitative estimate of drug-likeness (QED) is 0.445. The van der Waals surface area contributed by atoms with Crippen LogP contribution in [0.1, 0.15) is 5.82 Å². The number of aromatic nitrogens is 6. The number of hydrogen-bond donors (Lipinski definition) is 0. The van der Waals surface area contributed by atoms with E-state index in [1.54, 1.807) is 29.0 Å². The lowest BCUT2D eigenvalue weighted by Gasteiger charge is -2.02. The third-order valence-electron chi connectivity index (χ3n) is 4.05. The highest BCUT2D eigenvalue weighted by atomic mass is 35.5. The number of fused-ring (bicyclic) bond motifs is 2. The topological polar surface area (TPSA) is 60.9 Å². The average molecular weight is 401 g/mol. The van der Waals surface area contributed by atoms with Gasteiger partial charge in [0.15, 0.2) is 5.82 Å². The molecule has 0 saturated heterocycles. The van der Waals surface area contributed by atoms with Gasteiger partial charge in [-0.05, 0) is 30.3 Å². The molecule has 5 aromatic rings. The van der Waals surface area contributed by atoms with Crippen molar-refractivity contribution in [3.05, 3.63) is 64.7 Å². The summed E-state index contributed by atoms with van der Waals surface area (Å²) in [5.74, 6) is 0.726. The molecule has 6 nitrogen and oxygen atoms in total. The fourth-order valence-electron chi connectivity index (χ4n) is 2.81. The molecule has 0 aliphatic rings. The molecule has 26 heavy (non-hydrogen) atoms. The highest BCUT2D eigenvalue weighted by molar-refractivity contribution is 7.19. The third-order valence-corrected chi connectivity index (χ3v) is 5.55. The van der Waals surface area contributed by atoms with Gasteiger partial charge >= 0.3 is 0 Å². The zero-order valence-corrected chi connectivity index (χ0v) is 15.5. The molecule has 0 fully saturated rings. The Morgan fingerprint density at radius 1 is 1.04 bits per heavy atom. The van der Waals surface area contributed by atoms with E-state index in [1.807, 2.05) is 28.8 Å². The van der Waals surface area contributed by atoms with Crippen molar-refractivity contribution in [1.29, 1.82) is 0 Å². The average Bonchev–Trinajstić information content (AvgIpc) is 3.33. The summed E-state index contributed by atoms with van der Waals surface area (Å²) in [4.78, 5) is 5.11. The van der Waals surface area contributed by atoms with Crippen LogP contribution in [-0.2, 0) is 6.54 Å². The predicted molar refractivity (Wildman–Crippen MR) is 103 cm³/mol. The van der Waals surface area contributed by atoms with Gasteiger partial charge in [-0.1, -0.05) is 46.7 Å². The van der Waals surface area contributed by atoms with Crippen molar-refractivity contribution in [1.82, 2.24) is 29.4 Å². The number of benzene rings is 2. The van der Waals surface area contributed by atoms with E-state index in [0.29, 0.717) is 21.6 Å². The van der Waals surface area contributed by atoms with Crippen LogP contribution in [0.2, 0.25) is 10.0 Å². The monoisotopic (exact) mass is 400 g/mol. The van der Waals surface area contributed by atoms with E-state index in [1.165, 1.54) is 11.3 Å². The molecule has 0 N–H and O–H groups in total. The molecule has 2 aromatic carbocycles. The van der Waals surface area contributed by atoms with E-state index in [9.17, 15) is 0 Å². The second kappa shape index (κ2) is 6.05. The molecule has 5 rings (SSSR count). The van der Waals surface area contributed by atoms with Crippen LogP contribution in [0.25, 0.3) is 26.6 Å². The number of para-hydroxylation sites is 2. The van der Waals surface area contributed by atoms with Crippen LogP contribution in [-0.4, -0.2) is 29.4 Å². The minimum atomic E-state index is 0.522. The van der Waals surface area contributed by atoms with Crippen molar-refractivity contribution in [2.75, 3.05) is 0 Å². The maximum absolute atomic E-state index is 6.30. The molecular formula is C17H10Cl2N6S. The van der Waals surface area contributed by atoms with Gasteiger partial charge in [-0.25, -0.2) is 4.98 Å². The molecule has 0 spiro atoms. The molecule has 9 heteroatoms. The van der Waals surface area contributed by atoms with E-state index in [2.05, 4.69) is 20.3 Å². The van der Waals surface area contributed by atoms with Gasteiger partial charge in [0.05, 0.1) is 28.9 Å². The molecule has 3 heterocycles. The highest BCUT2D eigenvalue weighted by Gasteiger charge is 2.16. The van der Waals surface area contributed by atoms with Crippen LogP contribution in [0.5, 0.6) is 0 Å². The molecule has 0 radical (unpaired) electrons. The number of halogens is 2. The molecule has 0 saturated carbocycles. The van der Waals surface area contributed by atoms with Gasteiger partial charge in [-0.3, -0.25) is 0 Å². The Morgan fingerprint density at radius 2 is 1.92 bits per heavy atom. The van der Waals surface area contributed by atoms with Crippen molar-refractivity contribution >= 4 is 50.5 Å². The van der Waals surface area contributed by atoms with E-state index in [0.717, 1.165) is 27.4 Å². The van der Waals surface area contributed by atoms with E-state index < -0.39 is 0 Å². The van der Waals surface area contributed by atoms with Crippen molar-refractivity contribution in [3.8, 4) is 10.6 Å². The van der Waals surface area contributed by atoms with Gasteiger partial charge < -0.3 is 4.57 Å². The summed E-state index contributed by atoms with van der Waals surface area (Å²) < 4.78 is 3.77. The molecular weight excluding hydrogens is 391 g/mol. The largest absolute Gasteiger partial charge is 0.323 e. The summed E-state index contributed by atoms with van der Waals surface area (Å²) in [5.41, 5.74) is 2.77. The third kappa shape index (κ3) is 2.56. The normalized spacial score (nSPS) is 11.6. The van der Waals surface area contributed by atoms with Gasteiger partial charge in [-0.15, -0.1) is 10.2 Å². The second-order valence-corrected chi connectivity index (χ2v) is 7.50.